The number of aliphatic hydroxyl groups excluding tert-OH is 1. The Morgan fingerprint density at radius 3 is 2.52 bits per heavy atom. The highest BCUT2D eigenvalue weighted by atomic mass is 32.2. The number of sulfonamides is 1. The fourth-order valence-electron chi connectivity index (χ4n) is 5.00. The first-order valence-electron chi connectivity index (χ1n) is 13.2. The van der Waals surface area contributed by atoms with E-state index in [0.717, 1.165) is 29.4 Å². The van der Waals surface area contributed by atoms with E-state index in [1.807, 2.05) is 49.1 Å². The molecule has 214 valence electrons. The van der Waals surface area contributed by atoms with Crippen LogP contribution in [0.1, 0.15) is 47.8 Å². The van der Waals surface area contributed by atoms with Gasteiger partial charge < -0.3 is 25.5 Å². The highest BCUT2D eigenvalue weighted by Crippen LogP contribution is 2.28. The third kappa shape index (κ3) is 7.97. The van der Waals surface area contributed by atoms with Gasteiger partial charge in [0.15, 0.2) is 0 Å². The molecule has 1 atom stereocenters. The Morgan fingerprint density at radius 1 is 1.02 bits per heavy atom. The molecule has 1 aliphatic rings. The number of nitrogens with one attached hydrogen (secondary N) is 2. The molecule has 0 radical (unpaired) electrons. The standard InChI is InChI=1S/C30H37N3O6S/c1-30(2,31-18-28(36)23-8-10-27(35)26(16-23)32-40(3,38)39)17-21-6-4-5-20(13-21)14-29(37)33-12-11-22-7-9-25(34)15-24(22)19-33/h4-10,13,15-16,28,31-32,34-36H,11-12,14,17-19H2,1-3H3/t28-/m0/s1. The predicted octanol–water partition coefficient (Wildman–Crippen LogP) is 3.24. The third-order valence-electron chi connectivity index (χ3n) is 7.02. The van der Waals surface area contributed by atoms with Gasteiger partial charge in [0.2, 0.25) is 15.9 Å². The molecule has 3 aromatic carbocycles. The topological polar surface area (TPSA) is 139 Å². The molecule has 9 nitrogen and oxygen atoms in total. The van der Waals surface area contributed by atoms with E-state index in [9.17, 15) is 28.5 Å². The van der Waals surface area contributed by atoms with Crippen molar-refractivity contribution in [1.29, 1.82) is 0 Å². The summed E-state index contributed by atoms with van der Waals surface area (Å²) in [5.41, 5.74) is 4.21. The Hall–Kier alpha value is -3.60. The first-order chi connectivity index (χ1) is 18.8. The number of amides is 1. The van der Waals surface area contributed by atoms with Gasteiger partial charge in [0, 0.05) is 25.2 Å². The fraction of sp³-hybridized carbons (Fsp3) is 0.367. The third-order valence-corrected chi connectivity index (χ3v) is 7.61. The minimum atomic E-state index is -3.58. The van der Waals surface area contributed by atoms with Crippen molar-refractivity contribution in [2.45, 2.75) is 51.3 Å². The number of carbonyl (C=O) groups excluding carboxylic acids is 1. The number of anilines is 1. The number of phenols is 2. The molecule has 1 amide bonds. The van der Waals surface area contributed by atoms with E-state index in [1.54, 1.807) is 18.2 Å². The number of benzene rings is 3. The van der Waals surface area contributed by atoms with Crippen LogP contribution >= 0.6 is 0 Å². The number of carbonyl (C=O) groups is 1. The van der Waals surface area contributed by atoms with Crippen LogP contribution in [0.3, 0.4) is 0 Å². The Labute approximate surface area is 235 Å². The van der Waals surface area contributed by atoms with Gasteiger partial charge in [0.05, 0.1) is 24.5 Å². The minimum absolute atomic E-state index is 0.0107. The van der Waals surface area contributed by atoms with Crippen LogP contribution in [0.4, 0.5) is 5.69 Å². The summed E-state index contributed by atoms with van der Waals surface area (Å²) >= 11 is 0. The molecule has 4 rings (SSSR count). The monoisotopic (exact) mass is 567 g/mol. The first kappa shape index (κ1) is 29.4. The van der Waals surface area contributed by atoms with Crippen LogP contribution in [0.5, 0.6) is 11.5 Å². The van der Waals surface area contributed by atoms with Gasteiger partial charge in [-0.3, -0.25) is 9.52 Å². The molecule has 10 heteroatoms. The van der Waals surface area contributed by atoms with Crippen molar-refractivity contribution in [1.82, 2.24) is 10.2 Å². The maximum atomic E-state index is 13.1. The quantitative estimate of drug-likeness (QED) is 0.237. The maximum absolute atomic E-state index is 13.1. The van der Waals surface area contributed by atoms with E-state index in [0.29, 0.717) is 31.5 Å². The average Bonchev–Trinajstić information content (AvgIpc) is 2.87. The van der Waals surface area contributed by atoms with Crippen molar-refractivity contribution in [2.75, 3.05) is 24.1 Å². The van der Waals surface area contributed by atoms with Crippen LogP contribution in [0.25, 0.3) is 0 Å². The number of aliphatic hydroxyl groups is 1. The average molecular weight is 568 g/mol. The van der Waals surface area contributed by atoms with Gasteiger partial charge in [-0.25, -0.2) is 8.42 Å². The second-order valence-corrected chi connectivity index (χ2v) is 12.9. The summed E-state index contributed by atoms with van der Waals surface area (Å²) < 4.78 is 25.4. The van der Waals surface area contributed by atoms with Crippen molar-refractivity contribution in [3.8, 4) is 11.5 Å². The summed E-state index contributed by atoms with van der Waals surface area (Å²) in [6, 6.07) is 17.6. The maximum Gasteiger partial charge on any atom is 0.229 e. The van der Waals surface area contributed by atoms with Crippen molar-refractivity contribution < 1.29 is 28.5 Å². The summed E-state index contributed by atoms with van der Waals surface area (Å²) in [4.78, 5) is 14.9. The first-order valence-corrected chi connectivity index (χ1v) is 15.1. The van der Waals surface area contributed by atoms with E-state index in [-0.39, 0.29) is 29.6 Å². The highest BCUT2D eigenvalue weighted by molar-refractivity contribution is 7.92. The zero-order valence-electron chi connectivity index (χ0n) is 23.0. The van der Waals surface area contributed by atoms with Crippen LogP contribution < -0.4 is 10.0 Å². The second kappa shape index (κ2) is 11.9. The molecule has 0 aromatic heterocycles. The van der Waals surface area contributed by atoms with E-state index in [1.165, 1.54) is 17.7 Å². The van der Waals surface area contributed by atoms with Crippen molar-refractivity contribution in [3.05, 3.63) is 88.5 Å². The molecule has 1 aliphatic heterocycles. The van der Waals surface area contributed by atoms with E-state index in [2.05, 4.69) is 10.0 Å². The predicted molar refractivity (Wildman–Crippen MR) is 155 cm³/mol. The molecule has 3 aromatic rings. The molecule has 0 unspecified atom stereocenters. The number of phenolic OH excluding ortho intramolecular Hbond substituents is 2. The number of hydrogen-bond donors (Lipinski definition) is 5. The molecule has 0 saturated heterocycles. The number of fused-ring (bicyclic) bond motifs is 1. The number of aromatic hydroxyl groups is 2. The Bertz CT molecular complexity index is 1490. The van der Waals surface area contributed by atoms with Gasteiger partial charge in [-0.15, -0.1) is 0 Å². The number of hydrogen-bond acceptors (Lipinski definition) is 7. The van der Waals surface area contributed by atoms with Gasteiger partial charge in [-0.2, -0.15) is 0 Å². The summed E-state index contributed by atoms with van der Waals surface area (Å²) in [7, 11) is -3.58. The summed E-state index contributed by atoms with van der Waals surface area (Å²) in [5, 5.41) is 33.8. The van der Waals surface area contributed by atoms with E-state index in [4.69, 9.17) is 0 Å². The number of rotatable bonds is 10. The SMILES string of the molecule is CC(C)(Cc1cccc(CC(=O)N2CCc3ccc(O)cc3C2)c1)NC[C@H](O)c1ccc(O)c(NS(C)(=O)=O)c1. The molecule has 0 saturated carbocycles. The van der Waals surface area contributed by atoms with Crippen LogP contribution in [-0.2, 0) is 40.6 Å². The lowest BCUT2D eigenvalue weighted by molar-refractivity contribution is -0.131. The Kier molecular flexibility index (Phi) is 8.72. The lowest BCUT2D eigenvalue weighted by Gasteiger charge is -2.29. The molecule has 0 fully saturated rings. The molecular formula is C30H37N3O6S. The second-order valence-electron chi connectivity index (χ2n) is 11.1. The molecule has 0 spiro atoms. The summed E-state index contributed by atoms with van der Waals surface area (Å²) in [6.07, 6.45) is 1.77. The van der Waals surface area contributed by atoms with Crippen LogP contribution in [0.2, 0.25) is 0 Å². The van der Waals surface area contributed by atoms with Crippen molar-refractivity contribution in [2.24, 2.45) is 0 Å². The molecule has 40 heavy (non-hydrogen) atoms. The van der Waals surface area contributed by atoms with Crippen LogP contribution in [0, 0.1) is 0 Å². The lowest BCUT2D eigenvalue weighted by Crippen LogP contribution is -2.43. The molecule has 0 aliphatic carbocycles. The molecule has 5 N–H and O–H groups in total. The van der Waals surface area contributed by atoms with Gasteiger partial charge >= 0.3 is 0 Å². The highest BCUT2D eigenvalue weighted by Gasteiger charge is 2.23. The van der Waals surface area contributed by atoms with Gasteiger partial charge in [0.1, 0.15) is 11.5 Å². The Morgan fingerprint density at radius 2 is 1.77 bits per heavy atom. The molecule has 0 bridgehead atoms. The van der Waals surface area contributed by atoms with Gasteiger partial charge in [0.25, 0.3) is 0 Å². The van der Waals surface area contributed by atoms with E-state index < -0.39 is 21.7 Å². The summed E-state index contributed by atoms with van der Waals surface area (Å²) in [5.74, 6) is 0.0315. The number of nitrogens with zero attached hydrogens (tertiary/aromatic N) is 1. The molecular weight excluding hydrogens is 530 g/mol. The smallest absolute Gasteiger partial charge is 0.229 e. The van der Waals surface area contributed by atoms with Crippen molar-refractivity contribution in [3.63, 3.8) is 0 Å². The zero-order chi connectivity index (χ0) is 29.1. The van der Waals surface area contributed by atoms with Crippen LogP contribution in [0.15, 0.2) is 60.7 Å². The number of β-amino-alcohol motifs (C(OH)–C–C–N with tert-alkyl or cyclic N) is 1. The zero-order valence-corrected chi connectivity index (χ0v) is 23.8. The van der Waals surface area contributed by atoms with E-state index >= 15 is 0 Å². The Balaban J connectivity index is 1.34. The fourth-order valence-corrected chi connectivity index (χ4v) is 5.56. The van der Waals surface area contributed by atoms with Crippen LogP contribution in [-0.4, -0.2) is 59.4 Å². The molecule has 1 heterocycles. The summed E-state index contributed by atoms with van der Waals surface area (Å²) in [6.45, 7) is 5.40. The lowest BCUT2D eigenvalue weighted by atomic mass is 9.93. The van der Waals surface area contributed by atoms with Gasteiger partial charge in [-0.1, -0.05) is 36.4 Å². The van der Waals surface area contributed by atoms with Gasteiger partial charge in [-0.05, 0) is 78.8 Å². The minimum Gasteiger partial charge on any atom is -0.508 e. The largest absolute Gasteiger partial charge is 0.508 e. The normalized spacial score (nSPS) is 14.4. The van der Waals surface area contributed by atoms with Crippen molar-refractivity contribution >= 4 is 21.6 Å².